The summed E-state index contributed by atoms with van der Waals surface area (Å²) in [5.74, 6) is 0. The van der Waals surface area contributed by atoms with Crippen LogP contribution in [-0.2, 0) is 4.74 Å². The molecule has 4 aliphatic rings. The topological polar surface area (TPSA) is 53.6 Å². The van der Waals surface area contributed by atoms with Gasteiger partial charge in [-0.15, -0.1) is 0 Å². The molecule has 3 heterocycles. The second-order valence-corrected chi connectivity index (χ2v) is 8.39. The van der Waals surface area contributed by atoms with E-state index in [1.807, 2.05) is 0 Å². The molecule has 3 saturated heterocycles. The fourth-order valence-corrected chi connectivity index (χ4v) is 5.51. The first-order chi connectivity index (χ1) is 11.7. The molecule has 1 aliphatic carbocycles. The van der Waals surface area contributed by atoms with Gasteiger partial charge in [-0.3, -0.25) is 4.90 Å². The summed E-state index contributed by atoms with van der Waals surface area (Å²) in [6.07, 6.45) is 13.2. The average molecular weight is 335 g/mol. The van der Waals surface area contributed by atoms with E-state index in [1.54, 1.807) is 0 Å². The third-order valence-electron chi connectivity index (χ3n) is 6.77. The third-order valence-corrected chi connectivity index (χ3v) is 6.77. The molecule has 0 aromatic carbocycles. The Hall–Kier alpha value is -0.810. The van der Waals surface area contributed by atoms with Gasteiger partial charge in [0.05, 0.1) is 5.60 Å². The number of rotatable bonds is 2. The van der Waals surface area contributed by atoms with Crippen molar-refractivity contribution in [1.82, 2.24) is 15.5 Å². The van der Waals surface area contributed by atoms with Gasteiger partial charge < -0.3 is 15.4 Å². The Kier molecular flexibility index (Phi) is 5.00. The number of fused-ring (bicyclic) bond motifs is 1. The van der Waals surface area contributed by atoms with Gasteiger partial charge in [0.1, 0.15) is 0 Å². The van der Waals surface area contributed by atoms with Crippen molar-refractivity contribution < 1.29 is 9.53 Å². The Morgan fingerprint density at radius 3 is 2.71 bits per heavy atom. The predicted molar refractivity (Wildman–Crippen MR) is 94.1 cm³/mol. The zero-order valence-electron chi connectivity index (χ0n) is 14.9. The van der Waals surface area contributed by atoms with Crippen LogP contribution in [0.2, 0.25) is 0 Å². The van der Waals surface area contributed by atoms with Gasteiger partial charge in [0.25, 0.3) is 0 Å². The number of carbonyl (C=O) groups excluding carboxylic acids is 1. The van der Waals surface area contributed by atoms with Gasteiger partial charge in [-0.05, 0) is 51.5 Å². The summed E-state index contributed by atoms with van der Waals surface area (Å²) in [7, 11) is 0. The fourth-order valence-electron chi connectivity index (χ4n) is 5.51. The van der Waals surface area contributed by atoms with Crippen LogP contribution < -0.4 is 10.6 Å². The number of piperidine rings is 1. The minimum Gasteiger partial charge on any atom is -0.375 e. The SMILES string of the molecule is O=C(N[C@@H]1CCOC2(CCCCC2)C1)N[C@H]1CCN2CCCC[C@H]12. The van der Waals surface area contributed by atoms with Gasteiger partial charge in [-0.2, -0.15) is 0 Å². The van der Waals surface area contributed by atoms with E-state index in [1.165, 1.54) is 57.9 Å². The van der Waals surface area contributed by atoms with Crippen molar-refractivity contribution in [3.8, 4) is 0 Å². The summed E-state index contributed by atoms with van der Waals surface area (Å²) in [4.78, 5) is 15.1. The van der Waals surface area contributed by atoms with E-state index in [9.17, 15) is 4.79 Å². The van der Waals surface area contributed by atoms with Crippen LogP contribution in [0.15, 0.2) is 0 Å². The molecule has 2 amide bonds. The minimum atomic E-state index is 0.0466. The van der Waals surface area contributed by atoms with E-state index >= 15 is 0 Å². The van der Waals surface area contributed by atoms with Gasteiger partial charge in [-0.25, -0.2) is 4.79 Å². The number of amides is 2. The number of hydrogen-bond acceptors (Lipinski definition) is 3. The molecule has 5 heteroatoms. The lowest BCUT2D eigenvalue weighted by atomic mass is 9.78. The first-order valence-electron chi connectivity index (χ1n) is 10.2. The monoisotopic (exact) mass is 335 g/mol. The summed E-state index contributed by atoms with van der Waals surface area (Å²) in [6, 6.07) is 1.24. The van der Waals surface area contributed by atoms with Crippen molar-refractivity contribution in [2.75, 3.05) is 19.7 Å². The van der Waals surface area contributed by atoms with Crippen LogP contribution >= 0.6 is 0 Å². The van der Waals surface area contributed by atoms with Gasteiger partial charge in [0.15, 0.2) is 0 Å². The molecule has 0 aromatic rings. The maximum atomic E-state index is 12.5. The van der Waals surface area contributed by atoms with Crippen molar-refractivity contribution in [3.63, 3.8) is 0 Å². The van der Waals surface area contributed by atoms with Crippen LogP contribution in [0, 0.1) is 0 Å². The van der Waals surface area contributed by atoms with Crippen LogP contribution in [-0.4, -0.2) is 54.4 Å². The molecule has 5 nitrogen and oxygen atoms in total. The van der Waals surface area contributed by atoms with Crippen molar-refractivity contribution in [2.24, 2.45) is 0 Å². The van der Waals surface area contributed by atoms with Crippen LogP contribution in [0.4, 0.5) is 4.79 Å². The highest BCUT2D eigenvalue weighted by molar-refractivity contribution is 5.74. The quantitative estimate of drug-likeness (QED) is 0.816. The van der Waals surface area contributed by atoms with E-state index in [0.29, 0.717) is 12.1 Å². The maximum absolute atomic E-state index is 12.5. The molecule has 0 bridgehead atoms. The van der Waals surface area contributed by atoms with Crippen LogP contribution in [0.25, 0.3) is 0 Å². The first kappa shape index (κ1) is 16.6. The predicted octanol–water partition coefficient (Wildman–Crippen LogP) is 2.79. The van der Waals surface area contributed by atoms with Crippen molar-refractivity contribution in [2.45, 2.75) is 94.4 Å². The lowest BCUT2D eigenvalue weighted by Gasteiger charge is -2.43. The average Bonchev–Trinajstić information content (AvgIpc) is 2.99. The second-order valence-electron chi connectivity index (χ2n) is 8.39. The van der Waals surface area contributed by atoms with E-state index < -0.39 is 0 Å². The summed E-state index contributed by atoms with van der Waals surface area (Å²) in [5, 5.41) is 6.55. The van der Waals surface area contributed by atoms with Gasteiger partial charge in [0, 0.05) is 31.3 Å². The van der Waals surface area contributed by atoms with E-state index in [4.69, 9.17) is 4.74 Å². The fraction of sp³-hybridized carbons (Fsp3) is 0.947. The number of nitrogens with zero attached hydrogens (tertiary/aromatic N) is 1. The number of carbonyl (C=O) groups is 1. The molecule has 0 aromatic heterocycles. The summed E-state index contributed by atoms with van der Waals surface area (Å²) >= 11 is 0. The highest BCUT2D eigenvalue weighted by atomic mass is 16.5. The molecule has 136 valence electrons. The molecule has 0 radical (unpaired) electrons. The summed E-state index contributed by atoms with van der Waals surface area (Å²) < 4.78 is 6.14. The Morgan fingerprint density at radius 2 is 1.83 bits per heavy atom. The largest absolute Gasteiger partial charge is 0.375 e. The lowest BCUT2D eigenvalue weighted by molar-refractivity contribution is -0.107. The molecule has 3 atom stereocenters. The molecule has 0 unspecified atom stereocenters. The van der Waals surface area contributed by atoms with E-state index in [0.717, 1.165) is 32.4 Å². The van der Waals surface area contributed by atoms with E-state index in [2.05, 4.69) is 15.5 Å². The Balaban J connectivity index is 1.28. The first-order valence-corrected chi connectivity index (χ1v) is 10.2. The molecule has 1 spiro atoms. The molecular weight excluding hydrogens is 302 g/mol. The van der Waals surface area contributed by atoms with E-state index in [-0.39, 0.29) is 17.7 Å². The smallest absolute Gasteiger partial charge is 0.315 e. The minimum absolute atomic E-state index is 0.0466. The van der Waals surface area contributed by atoms with Gasteiger partial charge in [-0.1, -0.05) is 25.7 Å². The lowest BCUT2D eigenvalue weighted by Crippen LogP contribution is -2.54. The highest BCUT2D eigenvalue weighted by Crippen LogP contribution is 2.38. The third kappa shape index (κ3) is 3.57. The van der Waals surface area contributed by atoms with Crippen LogP contribution in [0.3, 0.4) is 0 Å². The van der Waals surface area contributed by atoms with Gasteiger partial charge in [0.2, 0.25) is 0 Å². The Labute approximate surface area is 145 Å². The number of hydrogen-bond donors (Lipinski definition) is 2. The number of ether oxygens (including phenoxy) is 1. The van der Waals surface area contributed by atoms with Crippen molar-refractivity contribution in [1.29, 1.82) is 0 Å². The number of nitrogens with one attached hydrogen (secondary N) is 2. The number of urea groups is 1. The molecular formula is C19H33N3O2. The van der Waals surface area contributed by atoms with Crippen LogP contribution in [0.1, 0.15) is 70.6 Å². The Morgan fingerprint density at radius 1 is 0.958 bits per heavy atom. The normalized spacial score (nSPS) is 36.2. The molecule has 2 N–H and O–H groups in total. The molecule has 4 fully saturated rings. The molecule has 4 rings (SSSR count). The summed E-state index contributed by atoms with van der Waals surface area (Å²) in [5.41, 5.74) is 0.0575. The highest BCUT2D eigenvalue weighted by Gasteiger charge is 2.40. The van der Waals surface area contributed by atoms with Gasteiger partial charge >= 0.3 is 6.03 Å². The molecule has 3 aliphatic heterocycles. The van der Waals surface area contributed by atoms with Crippen molar-refractivity contribution >= 4 is 6.03 Å². The molecule has 1 saturated carbocycles. The zero-order chi connectivity index (χ0) is 16.4. The Bertz CT molecular complexity index is 444. The standard InChI is InChI=1S/C19H33N3O2/c23-18(21-16-7-12-22-11-5-2-6-17(16)22)20-15-8-13-24-19(14-15)9-3-1-4-10-19/h15-17H,1-14H2,(H2,20,21,23)/t15-,16+,17-/m1/s1. The second kappa shape index (κ2) is 7.20. The maximum Gasteiger partial charge on any atom is 0.315 e. The zero-order valence-corrected chi connectivity index (χ0v) is 14.9. The molecule has 24 heavy (non-hydrogen) atoms. The van der Waals surface area contributed by atoms with Crippen LogP contribution in [0.5, 0.6) is 0 Å². The van der Waals surface area contributed by atoms with Crippen molar-refractivity contribution in [3.05, 3.63) is 0 Å². The summed E-state index contributed by atoms with van der Waals surface area (Å²) in [6.45, 7) is 3.16.